The van der Waals surface area contributed by atoms with E-state index in [2.05, 4.69) is 10.5 Å². The van der Waals surface area contributed by atoms with E-state index in [9.17, 15) is 4.79 Å². The Labute approximate surface area is 169 Å². The second kappa shape index (κ2) is 8.44. The molecule has 0 aliphatic rings. The number of benzene rings is 3. The summed E-state index contributed by atoms with van der Waals surface area (Å²) in [6, 6.07) is 25.6. The van der Waals surface area contributed by atoms with Gasteiger partial charge in [0.05, 0.1) is 5.71 Å². The number of nitrogens with zero attached hydrogens (tertiary/aromatic N) is 2. The summed E-state index contributed by atoms with van der Waals surface area (Å²) >= 11 is 0. The molecule has 29 heavy (non-hydrogen) atoms. The van der Waals surface area contributed by atoms with E-state index in [1.165, 1.54) is 0 Å². The zero-order valence-electron chi connectivity index (χ0n) is 16.1. The number of rotatable bonds is 6. The van der Waals surface area contributed by atoms with Gasteiger partial charge in [0, 0.05) is 23.5 Å². The lowest BCUT2D eigenvalue weighted by Crippen LogP contribution is -2.25. The molecule has 3 aromatic carbocycles. The minimum Gasteiger partial charge on any atom is -0.483 e. The molecule has 5 nitrogen and oxygen atoms in total. The zero-order chi connectivity index (χ0) is 20.1. The first-order valence-corrected chi connectivity index (χ1v) is 9.38. The molecule has 1 heterocycles. The molecule has 1 amide bonds. The first-order chi connectivity index (χ1) is 14.2. The number of ether oxygens (including phenoxy) is 1. The largest absolute Gasteiger partial charge is 0.483 e. The van der Waals surface area contributed by atoms with Gasteiger partial charge in [0.1, 0.15) is 5.75 Å². The van der Waals surface area contributed by atoms with Crippen LogP contribution >= 0.6 is 0 Å². The number of carbonyl (C=O) groups excluding carboxylic acids is 1. The van der Waals surface area contributed by atoms with Gasteiger partial charge in [0.25, 0.3) is 5.91 Å². The second-order valence-electron chi connectivity index (χ2n) is 6.64. The van der Waals surface area contributed by atoms with Gasteiger partial charge in [-0.1, -0.05) is 48.5 Å². The number of hydrazone groups is 1. The van der Waals surface area contributed by atoms with Crippen LogP contribution in [-0.2, 0) is 4.79 Å². The summed E-state index contributed by atoms with van der Waals surface area (Å²) in [6.07, 6.45) is 3.98. The molecular formula is C24H21N3O2. The number of amides is 1. The highest BCUT2D eigenvalue weighted by Gasteiger charge is 2.06. The summed E-state index contributed by atoms with van der Waals surface area (Å²) in [5.74, 6) is 0.376. The molecule has 1 aromatic heterocycles. The quantitative estimate of drug-likeness (QED) is 0.392. The Bertz CT molecular complexity index is 1140. The van der Waals surface area contributed by atoms with Crippen molar-refractivity contribution in [2.24, 2.45) is 5.10 Å². The molecule has 0 unspecified atom stereocenters. The van der Waals surface area contributed by atoms with Crippen LogP contribution in [0.25, 0.3) is 16.5 Å². The van der Waals surface area contributed by atoms with E-state index in [-0.39, 0.29) is 12.5 Å². The minimum atomic E-state index is -0.304. The Morgan fingerprint density at radius 1 is 0.931 bits per heavy atom. The predicted octanol–water partition coefficient (Wildman–Crippen LogP) is 4.55. The van der Waals surface area contributed by atoms with Crippen LogP contribution in [0.1, 0.15) is 12.5 Å². The SMILES string of the molecule is C/C(=N\NC(=O)COc1cccc2ccccc12)c1ccc(-n2cccc2)cc1. The normalized spacial score (nSPS) is 11.4. The van der Waals surface area contributed by atoms with Crippen LogP contribution in [0.2, 0.25) is 0 Å². The van der Waals surface area contributed by atoms with Crippen molar-refractivity contribution in [3.63, 3.8) is 0 Å². The van der Waals surface area contributed by atoms with Gasteiger partial charge in [-0.3, -0.25) is 4.79 Å². The summed E-state index contributed by atoms with van der Waals surface area (Å²) in [6.45, 7) is 1.76. The lowest BCUT2D eigenvalue weighted by atomic mass is 10.1. The number of fused-ring (bicyclic) bond motifs is 1. The van der Waals surface area contributed by atoms with Gasteiger partial charge in [-0.2, -0.15) is 5.10 Å². The van der Waals surface area contributed by atoms with Crippen LogP contribution in [0, 0.1) is 0 Å². The molecule has 0 saturated carbocycles. The average Bonchev–Trinajstić information content (AvgIpc) is 3.31. The third-order valence-corrected chi connectivity index (χ3v) is 4.64. The van der Waals surface area contributed by atoms with E-state index in [0.717, 1.165) is 27.7 Å². The Morgan fingerprint density at radius 2 is 1.66 bits per heavy atom. The summed E-state index contributed by atoms with van der Waals surface area (Å²) in [4.78, 5) is 12.2. The molecule has 0 bridgehead atoms. The number of hydrogen-bond acceptors (Lipinski definition) is 3. The molecule has 0 aliphatic carbocycles. The first kappa shape index (κ1) is 18.5. The molecular weight excluding hydrogens is 362 g/mol. The van der Waals surface area contributed by atoms with Gasteiger partial charge in [0.2, 0.25) is 0 Å². The average molecular weight is 383 g/mol. The molecule has 0 radical (unpaired) electrons. The van der Waals surface area contributed by atoms with Crippen molar-refractivity contribution < 1.29 is 9.53 Å². The van der Waals surface area contributed by atoms with E-state index < -0.39 is 0 Å². The topological polar surface area (TPSA) is 55.6 Å². The van der Waals surface area contributed by atoms with Crippen LogP contribution in [0.15, 0.2) is 96.4 Å². The highest BCUT2D eigenvalue weighted by molar-refractivity contribution is 5.99. The molecule has 0 atom stereocenters. The number of nitrogens with one attached hydrogen (secondary N) is 1. The summed E-state index contributed by atoms with van der Waals surface area (Å²) < 4.78 is 7.72. The van der Waals surface area contributed by atoms with Gasteiger partial charge in [0.15, 0.2) is 6.61 Å². The molecule has 5 heteroatoms. The number of aromatic nitrogens is 1. The molecule has 0 aliphatic heterocycles. The highest BCUT2D eigenvalue weighted by Crippen LogP contribution is 2.24. The maximum Gasteiger partial charge on any atom is 0.277 e. The lowest BCUT2D eigenvalue weighted by molar-refractivity contribution is -0.123. The maximum absolute atomic E-state index is 12.2. The van der Waals surface area contributed by atoms with Crippen molar-refractivity contribution in [3.8, 4) is 11.4 Å². The monoisotopic (exact) mass is 383 g/mol. The standard InChI is InChI=1S/C24H21N3O2/c1-18(19-11-13-21(14-12-19)27-15-4-5-16-27)25-26-24(28)17-29-23-10-6-8-20-7-2-3-9-22(20)23/h2-16H,17H2,1H3,(H,26,28)/b25-18+. The van der Waals surface area contributed by atoms with Crippen LogP contribution in [0.5, 0.6) is 5.75 Å². The van der Waals surface area contributed by atoms with Crippen molar-refractivity contribution in [3.05, 3.63) is 96.8 Å². The van der Waals surface area contributed by atoms with Crippen LogP contribution in [0.3, 0.4) is 0 Å². The lowest BCUT2D eigenvalue weighted by Gasteiger charge is -2.09. The molecule has 0 fully saturated rings. The van der Waals surface area contributed by atoms with E-state index in [0.29, 0.717) is 5.75 Å². The van der Waals surface area contributed by atoms with Crippen molar-refractivity contribution in [1.82, 2.24) is 9.99 Å². The van der Waals surface area contributed by atoms with Crippen LogP contribution in [-0.4, -0.2) is 22.8 Å². The van der Waals surface area contributed by atoms with Crippen molar-refractivity contribution in [2.75, 3.05) is 6.61 Å². The Hall–Kier alpha value is -3.86. The van der Waals surface area contributed by atoms with Gasteiger partial charge >= 0.3 is 0 Å². The molecule has 4 aromatic rings. The molecule has 1 N–H and O–H groups in total. The first-order valence-electron chi connectivity index (χ1n) is 9.38. The number of carbonyl (C=O) groups is 1. The van der Waals surface area contributed by atoms with E-state index in [4.69, 9.17) is 4.74 Å². The minimum absolute atomic E-state index is 0.0998. The zero-order valence-corrected chi connectivity index (χ0v) is 16.1. The fourth-order valence-electron chi connectivity index (χ4n) is 3.09. The highest BCUT2D eigenvalue weighted by atomic mass is 16.5. The molecule has 0 saturated heterocycles. The fourth-order valence-corrected chi connectivity index (χ4v) is 3.09. The number of hydrogen-bond donors (Lipinski definition) is 1. The van der Waals surface area contributed by atoms with Crippen LogP contribution < -0.4 is 10.2 Å². The molecule has 4 rings (SSSR count). The second-order valence-corrected chi connectivity index (χ2v) is 6.64. The molecule has 144 valence electrons. The Balaban J connectivity index is 1.36. The van der Waals surface area contributed by atoms with Gasteiger partial charge in [-0.15, -0.1) is 0 Å². The summed E-state index contributed by atoms with van der Waals surface area (Å²) in [7, 11) is 0. The van der Waals surface area contributed by atoms with Gasteiger partial charge in [-0.25, -0.2) is 5.43 Å². The van der Waals surface area contributed by atoms with E-state index >= 15 is 0 Å². The molecule has 0 spiro atoms. The Morgan fingerprint density at radius 3 is 2.45 bits per heavy atom. The third kappa shape index (κ3) is 4.35. The van der Waals surface area contributed by atoms with Crippen molar-refractivity contribution in [1.29, 1.82) is 0 Å². The van der Waals surface area contributed by atoms with Crippen molar-refractivity contribution in [2.45, 2.75) is 6.92 Å². The van der Waals surface area contributed by atoms with E-state index in [1.807, 2.05) is 103 Å². The van der Waals surface area contributed by atoms with Crippen molar-refractivity contribution >= 4 is 22.4 Å². The van der Waals surface area contributed by atoms with Gasteiger partial charge in [-0.05, 0) is 48.2 Å². The predicted molar refractivity (Wildman–Crippen MR) is 116 cm³/mol. The summed E-state index contributed by atoms with van der Waals surface area (Å²) in [5, 5.41) is 6.24. The third-order valence-electron chi connectivity index (χ3n) is 4.64. The Kier molecular flexibility index (Phi) is 5.38. The van der Waals surface area contributed by atoms with E-state index in [1.54, 1.807) is 0 Å². The summed E-state index contributed by atoms with van der Waals surface area (Å²) in [5.41, 5.74) is 5.29. The maximum atomic E-state index is 12.2. The van der Waals surface area contributed by atoms with Crippen LogP contribution in [0.4, 0.5) is 0 Å². The smallest absolute Gasteiger partial charge is 0.277 e. The fraction of sp³-hybridized carbons (Fsp3) is 0.0833. The van der Waals surface area contributed by atoms with Gasteiger partial charge < -0.3 is 9.30 Å².